The number of rotatable bonds is 10. The molecule has 1 heterocycles. The quantitative estimate of drug-likeness (QED) is 0.207. The monoisotopic (exact) mass is 622 g/mol. The Kier molecular flexibility index (Phi) is 10.4. The summed E-state index contributed by atoms with van der Waals surface area (Å²) in [6.07, 6.45) is 2.54. The molecule has 2 aromatic carbocycles. The molecule has 1 amide bonds. The number of carbonyl (C=O) groups excluding carboxylic acids is 3. The molecule has 1 saturated heterocycles. The van der Waals surface area contributed by atoms with E-state index in [2.05, 4.69) is 0 Å². The molecule has 0 spiro atoms. The van der Waals surface area contributed by atoms with E-state index in [1.165, 1.54) is 11.0 Å². The lowest BCUT2D eigenvalue weighted by molar-refractivity contribution is -0.149. The molecule has 1 fully saturated rings. The van der Waals surface area contributed by atoms with Crippen molar-refractivity contribution in [1.82, 2.24) is 4.90 Å². The second kappa shape index (κ2) is 14.0. The van der Waals surface area contributed by atoms with Crippen LogP contribution in [0.4, 0.5) is 14.9 Å². The van der Waals surface area contributed by atoms with Gasteiger partial charge in [0.2, 0.25) is 10.0 Å². The van der Waals surface area contributed by atoms with Crippen molar-refractivity contribution in [2.24, 2.45) is 0 Å². The maximum absolute atomic E-state index is 14.0. The van der Waals surface area contributed by atoms with Gasteiger partial charge in [-0.2, -0.15) is 0 Å². The predicted octanol–water partition coefficient (Wildman–Crippen LogP) is 4.96. The minimum absolute atomic E-state index is 0.0292. The maximum atomic E-state index is 14.0. The van der Waals surface area contributed by atoms with Crippen LogP contribution < -0.4 is 4.31 Å². The van der Waals surface area contributed by atoms with Gasteiger partial charge in [0.15, 0.2) is 6.73 Å². The van der Waals surface area contributed by atoms with E-state index in [1.807, 2.05) is 18.2 Å². The second-order valence-corrected chi connectivity index (χ2v) is 12.2. The average molecular weight is 623 g/mol. The normalized spacial score (nSPS) is 18.6. The topological polar surface area (TPSA) is 120 Å². The van der Waals surface area contributed by atoms with Crippen LogP contribution in [-0.4, -0.2) is 62.5 Å². The molecular weight excluding hydrogens is 591 g/mol. The summed E-state index contributed by atoms with van der Waals surface area (Å²) < 4.78 is 58.6. The van der Waals surface area contributed by atoms with Crippen LogP contribution in [0.3, 0.4) is 0 Å². The summed E-state index contributed by atoms with van der Waals surface area (Å²) in [5, 5.41) is -1.55. The number of carbonyl (C=O) groups is 3. The summed E-state index contributed by atoms with van der Waals surface area (Å²) in [5.41, 5.74) is 0.618. The molecule has 0 N–H and O–H groups in total. The Hall–Kier alpha value is -3.64. The molecule has 0 saturated carbocycles. The van der Waals surface area contributed by atoms with Crippen LogP contribution in [-0.2, 0) is 40.4 Å². The Morgan fingerprint density at radius 1 is 1.05 bits per heavy atom. The number of halogens is 2. The van der Waals surface area contributed by atoms with Crippen LogP contribution in [0.2, 0.25) is 5.02 Å². The van der Waals surface area contributed by atoms with Gasteiger partial charge in [0.25, 0.3) is 0 Å². The van der Waals surface area contributed by atoms with E-state index >= 15 is 0 Å². The SMILES string of the molecule is CCOC(=O)C1=CCCCC1S(=O)(=O)N(COC(=O)N1CCCC1C(=O)OCc1ccccc1)c1ccc(F)cc1Cl. The fourth-order valence-electron chi connectivity index (χ4n) is 4.96. The van der Waals surface area contributed by atoms with Gasteiger partial charge in [-0.15, -0.1) is 0 Å². The molecule has 0 radical (unpaired) electrons. The zero-order valence-electron chi connectivity index (χ0n) is 23.0. The fraction of sp³-hybridized carbons (Fsp3) is 0.414. The van der Waals surface area contributed by atoms with Crippen molar-refractivity contribution in [3.63, 3.8) is 0 Å². The van der Waals surface area contributed by atoms with E-state index in [4.69, 9.17) is 25.8 Å². The lowest BCUT2D eigenvalue weighted by Crippen LogP contribution is -2.46. The van der Waals surface area contributed by atoms with Gasteiger partial charge in [0.1, 0.15) is 23.7 Å². The summed E-state index contributed by atoms with van der Waals surface area (Å²) in [6, 6.07) is 11.3. The largest absolute Gasteiger partial charge is 0.463 e. The van der Waals surface area contributed by atoms with Crippen molar-refractivity contribution in [2.45, 2.75) is 56.9 Å². The lowest BCUT2D eigenvalue weighted by atomic mass is 9.99. The van der Waals surface area contributed by atoms with Gasteiger partial charge in [-0.25, -0.2) is 31.5 Å². The number of hydrogen-bond acceptors (Lipinski definition) is 8. The van der Waals surface area contributed by atoms with Crippen molar-refractivity contribution >= 4 is 45.3 Å². The molecule has 1 aliphatic heterocycles. The van der Waals surface area contributed by atoms with Crippen LogP contribution in [0.1, 0.15) is 44.6 Å². The first-order chi connectivity index (χ1) is 20.1. The molecule has 0 aromatic heterocycles. The van der Waals surface area contributed by atoms with Crippen molar-refractivity contribution < 1.29 is 41.4 Å². The first kappa shape index (κ1) is 31.3. The third-order valence-electron chi connectivity index (χ3n) is 7.03. The molecule has 0 bridgehead atoms. The molecule has 42 heavy (non-hydrogen) atoms. The number of anilines is 1. The minimum atomic E-state index is -4.44. The molecule has 2 unspecified atom stereocenters. The number of likely N-dealkylation sites (tertiary alicyclic amines) is 1. The van der Waals surface area contributed by atoms with Gasteiger partial charge in [-0.1, -0.05) is 48.0 Å². The lowest BCUT2D eigenvalue weighted by Gasteiger charge is -2.32. The second-order valence-electron chi connectivity index (χ2n) is 9.77. The number of sulfonamides is 1. The molecule has 226 valence electrons. The van der Waals surface area contributed by atoms with E-state index in [0.29, 0.717) is 25.7 Å². The Balaban J connectivity index is 1.54. The molecule has 2 aromatic rings. The number of allylic oxidation sites excluding steroid dienone is 1. The summed E-state index contributed by atoms with van der Waals surface area (Å²) in [6.45, 7) is 1.07. The van der Waals surface area contributed by atoms with Crippen molar-refractivity contribution in [3.05, 3.63) is 76.6 Å². The first-order valence-corrected chi connectivity index (χ1v) is 15.5. The van der Waals surface area contributed by atoms with Gasteiger partial charge < -0.3 is 14.2 Å². The Bertz CT molecular complexity index is 1440. The molecule has 13 heteroatoms. The van der Waals surface area contributed by atoms with E-state index in [9.17, 15) is 27.2 Å². The van der Waals surface area contributed by atoms with Crippen molar-refractivity contribution in [2.75, 3.05) is 24.2 Å². The zero-order chi connectivity index (χ0) is 30.3. The number of nitrogens with zero attached hydrogens (tertiary/aromatic N) is 2. The number of hydrogen-bond donors (Lipinski definition) is 0. The average Bonchev–Trinajstić information content (AvgIpc) is 3.48. The molecule has 1 aliphatic carbocycles. The van der Waals surface area contributed by atoms with Crippen LogP contribution in [0, 0.1) is 5.82 Å². The summed E-state index contributed by atoms with van der Waals surface area (Å²) in [7, 11) is -4.44. The maximum Gasteiger partial charge on any atom is 0.412 e. The van der Waals surface area contributed by atoms with E-state index in [-0.39, 0.29) is 42.5 Å². The smallest absolute Gasteiger partial charge is 0.412 e. The van der Waals surface area contributed by atoms with Crippen molar-refractivity contribution in [3.8, 4) is 0 Å². The Morgan fingerprint density at radius 3 is 2.52 bits per heavy atom. The van der Waals surface area contributed by atoms with Gasteiger partial charge in [0, 0.05) is 6.54 Å². The molecule has 2 atom stereocenters. The van der Waals surface area contributed by atoms with Gasteiger partial charge in [-0.3, -0.25) is 4.90 Å². The van der Waals surface area contributed by atoms with E-state index in [0.717, 1.165) is 28.1 Å². The van der Waals surface area contributed by atoms with E-state index in [1.54, 1.807) is 19.1 Å². The molecule has 10 nitrogen and oxygen atoms in total. The molecule has 4 rings (SSSR count). The highest BCUT2D eigenvalue weighted by Gasteiger charge is 2.41. The first-order valence-electron chi connectivity index (χ1n) is 13.6. The molecular formula is C29H32ClFN2O8S. The summed E-state index contributed by atoms with van der Waals surface area (Å²) in [5.74, 6) is -2.07. The minimum Gasteiger partial charge on any atom is -0.463 e. The van der Waals surface area contributed by atoms with Crippen LogP contribution >= 0.6 is 11.6 Å². The summed E-state index contributed by atoms with van der Waals surface area (Å²) in [4.78, 5) is 39.8. The predicted molar refractivity (Wildman–Crippen MR) is 152 cm³/mol. The van der Waals surface area contributed by atoms with Gasteiger partial charge in [-0.05, 0) is 62.8 Å². The Labute approximate surface area is 249 Å². The Morgan fingerprint density at radius 2 is 1.81 bits per heavy atom. The number of esters is 2. The number of benzene rings is 2. The van der Waals surface area contributed by atoms with Gasteiger partial charge in [0.05, 0.1) is 22.9 Å². The number of ether oxygens (including phenoxy) is 3. The standard InChI is InChI=1S/C29H32ClFN2O8S/c1-2-39-27(34)22-11-6-7-13-26(22)42(37,38)33(24-15-14-21(31)17-23(24)30)19-41-29(36)32-16-8-12-25(32)28(35)40-18-20-9-4-3-5-10-20/h3-5,9-11,14-15,17,25-26H,2,6-8,12-13,16,18-19H2,1H3. The van der Waals surface area contributed by atoms with Gasteiger partial charge >= 0.3 is 18.0 Å². The zero-order valence-corrected chi connectivity index (χ0v) is 24.6. The van der Waals surface area contributed by atoms with Crippen LogP contribution in [0.15, 0.2) is 60.2 Å². The third-order valence-corrected chi connectivity index (χ3v) is 9.45. The van der Waals surface area contributed by atoms with Crippen LogP contribution in [0.5, 0.6) is 0 Å². The highest BCUT2D eigenvalue weighted by atomic mass is 35.5. The van der Waals surface area contributed by atoms with Crippen molar-refractivity contribution in [1.29, 1.82) is 0 Å². The highest BCUT2D eigenvalue weighted by Crippen LogP contribution is 2.35. The third kappa shape index (κ3) is 7.22. The van der Waals surface area contributed by atoms with E-state index < -0.39 is 51.9 Å². The highest BCUT2D eigenvalue weighted by molar-refractivity contribution is 7.93. The molecule has 2 aliphatic rings. The number of amides is 1. The van der Waals surface area contributed by atoms with Crippen LogP contribution in [0.25, 0.3) is 0 Å². The fourth-order valence-corrected chi connectivity index (χ4v) is 7.19. The summed E-state index contributed by atoms with van der Waals surface area (Å²) >= 11 is 6.25.